The molecule has 0 fully saturated rings. The maximum Gasteiger partial charge on any atom is 0.0519 e. The van der Waals surface area contributed by atoms with Crippen molar-refractivity contribution in [3.8, 4) is 0 Å². The summed E-state index contributed by atoms with van der Waals surface area (Å²) in [5, 5.41) is 3.53. The Morgan fingerprint density at radius 3 is 2.84 bits per heavy atom. The molecule has 2 nitrogen and oxygen atoms in total. The largest absolute Gasteiger partial charge is 0.399 e. The van der Waals surface area contributed by atoms with Gasteiger partial charge in [-0.25, -0.2) is 0 Å². The number of benzene rings is 2. The minimum absolute atomic E-state index is 0.366. The third kappa shape index (κ3) is 2.34. The third-order valence-electron chi connectivity index (χ3n) is 3.72. The lowest BCUT2D eigenvalue weighted by Crippen LogP contribution is -2.17. The molecule has 0 aromatic heterocycles. The number of nitrogens with one attached hydrogen (secondary N) is 1. The zero-order chi connectivity index (χ0) is 13.2. The molecule has 1 aliphatic carbocycles. The van der Waals surface area contributed by atoms with Crippen molar-refractivity contribution < 1.29 is 0 Å². The van der Waals surface area contributed by atoms with Gasteiger partial charge in [-0.2, -0.15) is 0 Å². The zero-order valence-electron chi connectivity index (χ0n) is 10.9. The molecule has 0 aliphatic heterocycles. The fourth-order valence-electron chi connectivity index (χ4n) is 2.73. The van der Waals surface area contributed by atoms with Crippen molar-refractivity contribution >= 4 is 11.4 Å². The Hall–Kier alpha value is -2.22. The summed E-state index contributed by atoms with van der Waals surface area (Å²) in [6.07, 6.45) is 2.26. The molecule has 96 valence electrons. The molecule has 1 aliphatic rings. The van der Waals surface area contributed by atoms with E-state index in [9.17, 15) is 0 Å². The first-order chi connectivity index (χ1) is 9.24. The number of hydrogen-bond acceptors (Lipinski definition) is 2. The Kier molecular flexibility index (Phi) is 3.00. The quantitative estimate of drug-likeness (QED) is 0.818. The highest BCUT2D eigenvalue weighted by atomic mass is 14.9. The van der Waals surface area contributed by atoms with Crippen LogP contribution in [0.4, 0.5) is 5.69 Å². The Labute approximate surface area is 114 Å². The minimum atomic E-state index is 0.366. The van der Waals surface area contributed by atoms with Crippen molar-refractivity contribution in [2.75, 3.05) is 5.73 Å². The molecule has 1 atom stereocenters. The average Bonchev–Trinajstić information content (AvgIpc) is 2.82. The number of anilines is 1. The third-order valence-corrected chi connectivity index (χ3v) is 3.72. The summed E-state index contributed by atoms with van der Waals surface area (Å²) >= 11 is 0. The number of nitrogen functional groups attached to an aromatic ring is 1. The maximum absolute atomic E-state index is 5.81. The summed E-state index contributed by atoms with van der Waals surface area (Å²) in [5.41, 5.74) is 11.4. The van der Waals surface area contributed by atoms with Crippen LogP contribution in [0.25, 0.3) is 5.70 Å². The first-order valence-electron chi connectivity index (χ1n) is 6.63. The van der Waals surface area contributed by atoms with E-state index in [-0.39, 0.29) is 0 Å². The van der Waals surface area contributed by atoms with E-state index in [0.717, 1.165) is 29.8 Å². The molecule has 0 saturated carbocycles. The van der Waals surface area contributed by atoms with E-state index in [2.05, 4.69) is 36.2 Å². The highest BCUT2D eigenvalue weighted by molar-refractivity contribution is 5.65. The molecule has 0 radical (unpaired) electrons. The van der Waals surface area contributed by atoms with Crippen LogP contribution >= 0.6 is 0 Å². The lowest BCUT2D eigenvalue weighted by atomic mass is 10.1. The van der Waals surface area contributed by atoms with Gasteiger partial charge in [0.05, 0.1) is 6.04 Å². The van der Waals surface area contributed by atoms with E-state index in [0.29, 0.717) is 6.04 Å². The van der Waals surface area contributed by atoms with E-state index in [1.54, 1.807) is 0 Å². The number of fused-ring (bicyclic) bond motifs is 1. The van der Waals surface area contributed by atoms with E-state index >= 15 is 0 Å². The summed E-state index contributed by atoms with van der Waals surface area (Å²) in [6, 6.07) is 16.8. The molecule has 2 aromatic rings. The fourth-order valence-corrected chi connectivity index (χ4v) is 2.73. The molecule has 3 rings (SSSR count). The van der Waals surface area contributed by atoms with Crippen LogP contribution in [-0.4, -0.2) is 0 Å². The summed E-state index contributed by atoms with van der Waals surface area (Å²) < 4.78 is 0. The van der Waals surface area contributed by atoms with E-state index in [4.69, 9.17) is 5.73 Å². The van der Waals surface area contributed by atoms with Gasteiger partial charge in [-0.05, 0) is 41.7 Å². The Morgan fingerprint density at radius 2 is 2.00 bits per heavy atom. The van der Waals surface area contributed by atoms with Crippen LogP contribution in [0.2, 0.25) is 0 Å². The average molecular weight is 250 g/mol. The summed E-state index contributed by atoms with van der Waals surface area (Å²) in [6.45, 7) is 4.14. The van der Waals surface area contributed by atoms with Crippen molar-refractivity contribution in [1.29, 1.82) is 0 Å². The Bertz CT molecular complexity index is 616. The van der Waals surface area contributed by atoms with Gasteiger partial charge in [-0.15, -0.1) is 0 Å². The second-order valence-corrected chi connectivity index (χ2v) is 5.04. The van der Waals surface area contributed by atoms with Gasteiger partial charge in [-0.3, -0.25) is 0 Å². The van der Waals surface area contributed by atoms with E-state index in [1.807, 2.05) is 24.3 Å². The second-order valence-electron chi connectivity index (χ2n) is 5.04. The van der Waals surface area contributed by atoms with Crippen molar-refractivity contribution in [2.24, 2.45) is 0 Å². The van der Waals surface area contributed by atoms with Crippen molar-refractivity contribution in [3.05, 3.63) is 71.8 Å². The monoisotopic (exact) mass is 250 g/mol. The number of rotatable bonds is 3. The van der Waals surface area contributed by atoms with Gasteiger partial charge < -0.3 is 11.1 Å². The lowest BCUT2D eigenvalue weighted by Gasteiger charge is -2.18. The summed E-state index contributed by atoms with van der Waals surface area (Å²) in [5.74, 6) is 0. The van der Waals surface area contributed by atoms with Crippen LogP contribution in [-0.2, 0) is 6.42 Å². The zero-order valence-corrected chi connectivity index (χ0v) is 10.9. The predicted molar refractivity (Wildman–Crippen MR) is 80.5 cm³/mol. The van der Waals surface area contributed by atoms with Crippen LogP contribution in [0.5, 0.6) is 0 Å². The molecule has 1 unspecified atom stereocenters. The molecule has 19 heavy (non-hydrogen) atoms. The number of hydrogen-bond donors (Lipinski definition) is 2. The molecule has 2 heteroatoms. The van der Waals surface area contributed by atoms with Gasteiger partial charge in [0, 0.05) is 11.4 Å². The van der Waals surface area contributed by atoms with Gasteiger partial charge in [-0.1, -0.05) is 43.0 Å². The lowest BCUT2D eigenvalue weighted by molar-refractivity contribution is 0.628. The second kappa shape index (κ2) is 4.81. The smallest absolute Gasteiger partial charge is 0.0519 e. The van der Waals surface area contributed by atoms with E-state index < -0.39 is 0 Å². The van der Waals surface area contributed by atoms with Gasteiger partial charge >= 0.3 is 0 Å². The molecule has 0 spiro atoms. The first-order valence-corrected chi connectivity index (χ1v) is 6.63. The Morgan fingerprint density at radius 1 is 1.16 bits per heavy atom. The van der Waals surface area contributed by atoms with Crippen molar-refractivity contribution in [3.63, 3.8) is 0 Å². The molecule has 2 aromatic carbocycles. The van der Waals surface area contributed by atoms with Gasteiger partial charge in [0.15, 0.2) is 0 Å². The topological polar surface area (TPSA) is 38.0 Å². The van der Waals surface area contributed by atoms with Gasteiger partial charge in [0.25, 0.3) is 0 Å². The SMILES string of the molecule is C=C(NC1CCc2ccccc21)c1cccc(N)c1. The predicted octanol–water partition coefficient (Wildman–Crippen LogP) is 3.52. The number of aryl methyl sites for hydroxylation is 1. The summed E-state index contributed by atoms with van der Waals surface area (Å²) in [7, 11) is 0. The summed E-state index contributed by atoms with van der Waals surface area (Å²) in [4.78, 5) is 0. The van der Waals surface area contributed by atoms with Crippen molar-refractivity contribution in [1.82, 2.24) is 5.32 Å². The minimum Gasteiger partial charge on any atom is -0.399 e. The van der Waals surface area contributed by atoms with Gasteiger partial charge in [0.2, 0.25) is 0 Å². The fraction of sp³-hybridized carbons (Fsp3) is 0.176. The molecule has 0 amide bonds. The van der Waals surface area contributed by atoms with Crippen LogP contribution < -0.4 is 11.1 Å². The standard InChI is InChI=1S/C17H18N2/c1-12(14-6-4-7-15(18)11-14)19-17-10-9-13-5-2-3-8-16(13)17/h2-8,11,17,19H,1,9-10,18H2. The molecular formula is C17H18N2. The molecule has 0 heterocycles. The molecule has 0 saturated heterocycles. The molecule has 3 N–H and O–H groups in total. The highest BCUT2D eigenvalue weighted by Crippen LogP contribution is 2.32. The Balaban J connectivity index is 1.78. The molecule has 0 bridgehead atoms. The van der Waals surface area contributed by atoms with Crippen molar-refractivity contribution in [2.45, 2.75) is 18.9 Å². The normalized spacial score (nSPS) is 16.9. The molecular weight excluding hydrogens is 232 g/mol. The first kappa shape index (κ1) is 11.8. The van der Waals surface area contributed by atoms with Crippen LogP contribution in [0.15, 0.2) is 55.1 Å². The number of nitrogens with two attached hydrogens (primary N) is 1. The maximum atomic E-state index is 5.81. The van der Waals surface area contributed by atoms with Crippen LogP contribution in [0.1, 0.15) is 29.2 Å². The van der Waals surface area contributed by atoms with Crippen LogP contribution in [0.3, 0.4) is 0 Å². The van der Waals surface area contributed by atoms with E-state index in [1.165, 1.54) is 11.1 Å². The van der Waals surface area contributed by atoms with Gasteiger partial charge in [0.1, 0.15) is 0 Å². The highest BCUT2D eigenvalue weighted by Gasteiger charge is 2.21. The van der Waals surface area contributed by atoms with Crippen LogP contribution in [0, 0.1) is 0 Å².